The SMILES string of the molecule is C[C@]1(CCc2cc3nc(N)c(Cl)cc3cc2F)C[C@@H](n2ccc3c(N)ncnc32)[C@H](O)[C@@H]1O. The van der Waals surface area contributed by atoms with E-state index in [4.69, 9.17) is 23.1 Å². The van der Waals surface area contributed by atoms with Gasteiger partial charge in [0.15, 0.2) is 0 Å². The van der Waals surface area contributed by atoms with Crippen molar-refractivity contribution in [1.29, 1.82) is 0 Å². The molecule has 1 aromatic carbocycles. The number of aliphatic hydroxyl groups is 2. The summed E-state index contributed by atoms with van der Waals surface area (Å²) in [5.74, 6) is 0.174. The van der Waals surface area contributed by atoms with E-state index in [2.05, 4.69) is 15.0 Å². The Morgan fingerprint density at radius 1 is 1.21 bits per heavy atom. The molecule has 3 heterocycles. The molecule has 8 nitrogen and oxygen atoms in total. The number of nitrogens with zero attached hydrogens (tertiary/aromatic N) is 4. The number of anilines is 2. The molecule has 0 spiro atoms. The number of rotatable bonds is 4. The predicted molar refractivity (Wildman–Crippen MR) is 125 cm³/mol. The van der Waals surface area contributed by atoms with Gasteiger partial charge in [-0.25, -0.2) is 19.3 Å². The van der Waals surface area contributed by atoms with E-state index >= 15 is 0 Å². The fourth-order valence-electron chi connectivity index (χ4n) is 4.95. The number of halogens is 2. The Hall–Kier alpha value is -3.01. The summed E-state index contributed by atoms with van der Waals surface area (Å²) in [6.45, 7) is 1.91. The number of aromatic nitrogens is 4. The van der Waals surface area contributed by atoms with Crippen molar-refractivity contribution in [3.8, 4) is 0 Å². The molecule has 0 amide bonds. The molecule has 4 aromatic rings. The average Bonchev–Trinajstić information content (AvgIpc) is 3.30. The van der Waals surface area contributed by atoms with E-state index in [0.717, 1.165) is 0 Å². The summed E-state index contributed by atoms with van der Waals surface area (Å²) in [5.41, 5.74) is 12.7. The van der Waals surface area contributed by atoms with E-state index < -0.39 is 23.7 Å². The highest BCUT2D eigenvalue weighted by atomic mass is 35.5. The zero-order valence-corrected chi connectivity index (χ0v) is 18.7. The first-order valence-corrected chi connectivity index (χ1v) is 11.0. The van der Waals surface area contributed by atoms with Crippen LogP contribution in [0.25, 0.3) is 21.9 Å². The monoisotopic (exact) mass is 470 g/mol. The molecule has 5 rings (SSSR count). The molecule has 1 fully saturated rings. The van der Waals surface area contributed by atoms with Gasteiger partial charge in [-0.2, -0.15) is 0 Å². The molecule has 33 heavy (non-hydrogen) atoms. The number of benzene rings is 1. The summed E-state index contributed by atoms with van der Waals surface area (Å²) in [5, 5.41) is 23.4. The Balaban J connectivity index is 1.41. The molecule has 1 aliphatic carbocycles. The zero-order valence-electron chi connectivity index (χ0n) is 17.9. The van der Waals surface area contributed by atoms with Crippen LogP contribution in [-0.4, -0.2) is 41.9 Å². The van der Waals surface area contributed by atoms with E-state index in [-0.39, 0.29) is 16.7 Å². The second kappa shape index (κ2) is 7.79. The second-order valence-corrected chi connectivity index (χ2v) is 9.48. The van der Waals surface area contributed by atoms with Gasteiger partial charge in [-0.15, -0.1) is 0 Å². The fraction of sp³-hybridized carbons (Fsp3) is 0.348. The van der Waals surface area contributed by atoms with Crippen LogP contribution >= 0.6 is 11.6 Å². The smallest absolute Gasteiger partial charge is 0.145 e. The van der Waals surface area contributed by atoms with Gasteiger partial charge in [0.25, 0.3) is 0 Å². The lowest BCUT2D eigenvalue weighted by atomic mass is 9.80. The maximum absolute atomic E-state index is 14.8. The van der Waals surface area contributed by atoms with Crippen molar-refractivity contribution < 1.29 is 14.6 Å². The lowest BCUT2D eigenvalue weighted by Gasteiger charge is -2.28. The molecule has 1 aliphatic rings. The number of hydrogen-bond donors (Lipinski definition) is 4. The Labute approximate surface area is 194 Å². The van der Waals surface area contributed by atoms with Gasteiger partial charge in [-0.1, -0.05) is 18.5 Å². The van der Waals surface area contributed by atoms with Crippen LogP contribution in [0.15, 0.2) is 36.8 Å². The Morgan fingerprint density at radius 2 is 2.00 bits per heavy atom. The number of pyridine rings is 1. The lowest BCUT2D eigenvalue weighted by molar-refractivity contribution is -0.0242. The third kappa shape index (κ3) is 3.56. The minimum atomic E-state index is -1.01. The molecule has 3 aromatic heterocycles. The number of aliphatic hydroxyl groups excluding tert-OH is 2. The van der Waals surface area contributed by atoms with Gasteiger partial charge in [-0.3, -0.25) is 0 Å². The molecular formula is C23H24ClFN6O2. The first-order chi connectivity index (χ1) is 15.7. The van der Waals surface area contributed by atoms with E-state index in [1.54, 1.807) is 24.4 Å². The van der Waals surface area contributed by atoms with Crippen molar-refractivity contribution in [2.24, 2.45) is 5.41 Å². The highest BCUT2D eigenvalue weighted by Gasteiger charge is 2.50. The van der Waals surface area contributed by atoms with Crippen LogP contribution in [0.1, 0.15) is 31.4 Å². The molecule has 0 unspecified atom stereocenters. The van der Waals surface area contributed by atoms with Crippen LogP contribution in [0, 0.1) is 11.2 Å². The number of hydrogen-bond acceptors (Lipinski definition) is 7. The van der Waals surface area contributed by atoms with Gasteiger partial charge in [0.2, 0.25) is 0 Å². The highest BCUT2D eigenvalue weighted by Crippen LogP contribution is 2.48. The normalized spacial score (nSPS) is 25.3. The van der Waals surface area contributed by atoms with Gasteiger partial charge in [0, 0.05) is 11.6 Å². The number of aryl methyl sites for hydroxylation is 1. The van der Waals surface area contributed by atoms with Crippen molar-refractivity contribution >= 4 is 45.2 Å². The summed E-state index contributed by atoms with van der Waals surface area (Å²) >= 11 is 6.00. The predicted octanol–water partition coefficient (Wildman–Crippen LogP) is 3.24. The van der Waals surface area contributed by atoms with E-state index in [0.29, 0.717) is 52.6 Å². The van der Waals surface area contributed by atoms with Gasteiger partial charge in [0.05, 0.1) is 28.1 Å². The first-order valence-electron chi connectivity index (χ1n) is 10.7. The quantitative estimate of drug-likeness (QED) is 0.359. The third-order valence-electron chi connectivity index (χ3n) is 6.93. The van der Waals surface area contributed by atoms with Gasteiger partial charge >= 0.3 is 0 Å². The van der Waals surface area contributed by atoms with Crippen molar-refractivity contribution in [1.82, 2.24) is 19.5 Å². The maximum Gasteiger partial charge on any atom is 0.145 e. The Bertz CT molecular complexity index is 1380. The lowest BCUT2D eigenvalue weighted by Crippen LogP contribution is -2.35. The molecule has 0 aliphatic heterocycles. The zero-order chi connectivity index (χ0) is 23.5. The van der Waals surface area contributed by atoms with Crippen LogP contribution in [0.3, 0.4) is 0 Å². The van der Waals surface area contributed by atoms with Gasteiger partial charge in [-0.05, 0) is 54.5 Å². The number of nitrogen functional groups attached to an aromatic ring is 2. The van der Waals surface area contributed by atoms with Crippen LogP contribution in [0.5, 0.6) is 0 Å². The topological polar surface area (TPSA) is 136 Å². The van der Waals surface area contributed by atoms with Crippen LogP contribution in [0.4, 0.5) is 16.0 Å². The highest BCUT2D eigenvalue weighted by molar-refractivity contribution is 6.33. The average molecular weight is 471 g/mol. The van der Waals surface area contributed by atoms with Crippen LogP contribution < -0.4 is 11.5 Å². The summed E-state index contributed by atoms with van der Waals surface area (Å²) < 4.78 is 16.6. The molecule has 172 valence electrons. The Kier molecular flexibility index (Phi) is 5.15. The number of nitrogens with two attached hydrogens (primary N) is 2. The van der Waals surface area contributed by atoms with Crippen molar-refractivity contribution in [2.45, 2.75) is 44.4 Å². The van der Waals surface area contributed by atoms with Crippen LogP contribution in [0.2, 0.25) is 5.02 Å². The minimum absolute atomic E-state index is 0.189. The van der Waals surface area contributed by atoms with E-state index in [9.17, 15) is 14.6 Å². The molecule has 0 saturated heterocycles. The van der Waals surface area contributed by atoms with Crippen molar-refractivity contribution in [3.63, 3.8) is 0 Å². The fourth-order valence-corrected chi connectivity index (χ4v) is 5.11. The second-order valence-electron chi connectivity index (χ2n) is 9.07. The standard InChI is InChI=1S/C23H24ClFN6O2/c1-23(4-2-11-8-16-12(7-15(11)25)6-14(24)21(27)30-16)9-17(18(32)19(23)33)31-5-3-13-20(26)28-10-29-22(13)31/h3,5-8,10,17-19,32-33H,2,4,9H2,1H3,(H2,27,30)(H2,26,28,29)/t17-,18+,19+,23+/m1/s1. The largest absolute Gasteiger partial charge is 0.390 e. The first kappa shape index (κ1) is 21.8. The van der Waals surface area contributed by atoms with Crippen molar-refractivity contribution in [3.05, 3.63) is 53.2 Å². The Morgan fingerprint density at radius 3 is 2.79 bits per heavy atom. The molecule has 6 N–H and O–H groups in total. The van der Waals surface area contributed by atoms with E-state index in [1.165, 1.54) is 12.4 Å². The molecule has 0 bridgehead atoms. The summed E-state index contributed by atoms with van der Waals surface area (Å²) in [6, 6.07) is 6.04. The van der Waals surface area contributed by atoms with Gasteiger partial charge < -0.3 is 26.2 Å². The maximum atomic E-state index is 14.8. The molecule has 1 saturated carbocycles. The third-order valence-corrected chi connectivity index (χ3v) is 7.24. The number of fused-ring (bicyclic) bond motifs is 2. The molecule has 4 atom stereocenters. The molecular weight excluding hydrogens is 447 g/mol. The van der Waals surface area contributed by atoms with Gasteiger partial charge in [0.1, 0.15) is 35.5 Å². The minimum Gasteiger partial charge on any atom is -0.390 e. The van der Waals surface area contributed by atoms with Crippen molar-refractivity contribution in [2.75, 3.05) is 11.5 Å². The molecule has 0 radical (unpaired) electrons. The summed E-state index contributed by atoms with van der Waals surface area (Å²) in [4.78, 5) is 12.5. The molecule has 10 heteroatoms. The summed E-state index contributed by atoms with van der Waals surface area (Å²) in [6.07, 6.45) is 2.49. The van der Waals surface area contributed by atoms with Crippen LogP contribution in [-0.2, 0) is 6.42 Å². The summed E-state index contributed by atoms with van der Waals surface area (Å²) in [7, 11) is 0. The van der Waals surface area contributed by atoms with E-state index in [1.807, 2.05) is 11.5 Å².